The minimum absolute atomic E-state index is 0.0885. The third-order valence-electron chi connectivity index (χ3n) is 5.26. The van der Waals surface area contributed by atoms with E-state index < -0.39 is 4.92 Å². The van der Waals surface area contributed by atoms with Crippen molar-refractivity contribution in [2.24, 2.45) is 0 Å². The zero-order chi connectivity index (χ0) is 26.9. The SMILES string of the molecule is COc1cc(/C=C\c2cc(Cl)c(OC)c(N/C=C\C(=O)c3ccc([N+](=O)[O-])cc3)c2)cc(OC)c1OC. The Hall–Kier alpha value is -4.50. The molecule has 0 saturated heterocycles. The summed E-state index contributed by atoms with van der Waals surface area (Å²) in [5, 5.41) is 14.2. The van der Waals surface area contributed by atoms with Crippen LogP contribution in [-0.2, 0) is 0 Å². The first-order chi connectivity index (χ1) is 17.8. The molecule has 0 saturated carbocycles. The summed E-state index contributed by atoms with van der Waals surface area (Å²) >= 11 is 6.43. The molecule has 0 aliphatic carbocycles. The maximum absolute atomic E-state index is 12.4. The summed E-state index contributed by atoms with van der Waals surface area (Å²) in [5.74, 6) is 1.63. The normalized spacial score (nSPS) is 10.9. The summed E-state index contributed by atoms with van der Waals surface area (Å²) in [7, 11) is 6.12. The third kappa shape index (κ3) is 6.59. The number of hydrogen-bond donors (Lipinski definition) is 1. The lowest BCUT2D eigenvalue weighted by molar-refractivity contribution is -0.384. The molecular formula is C27H25ClN2O7. The summed E-state index contributed by atoms with van der Waals surface area (Å²) in [5.41, 5.74) is 2.33. The molecule has 0 atom stereocenters. The molecule has 10 heteroatoms. The van der Waals surface area contributed by atoms with Crippen molar-refractivity contribution in [1.29, 1.82) is 0 Å². The van der Waals surface area contributed by atoms with Gasteiger partial charge in [-0.3, -0.25) is 14.9 Å². The molecule has 37 heavy (non-hydrogen) atoms. The Morgan fingerprint density at radius 1 is 0.865 bits per heavy atom. The Balaban J connectivity index is 1.83. The maximum Gasteiger partial charge on any atom is 0.269 e. The number of halogens is 1. The molecule has 3 aromatic carbocycles. The second-order valence-corrected chi connectivity index (χ2v) is 7.93. The Bertz CT molecular complexity index is 1330. The van der Waals surface area contributed by atoms with Gasteiger partial charge in [-0.05, 0) is 47.5 Å². The Labute approximate surface area is 219 Å². The fourth-order valence-corrected chi connectivity index (χ4v) is 3.77. The quantitative estimate of drug-likeness (QED) is 0.103. The largest absolute Gasteiger partial charge is 0.493 e. The summed E-state index contributed by atoms with van der Waals surface area (Å²) in [6.07, 6.45) is 6.47. The average Bonchev–Trinajstić information content (AvgIpc) is 2.91. The molecule has 192 valence electrons. The number of nitrogens with zero attached hydrogens (tertiary/aromatic N) is 1. The van der Waals surface area contributed by atoms with Crippen molar-refractivity contribution in [3.05, 3.63) is 92.6 Å². The molecule has 0 heterocycles. The monoisotopic (exact) mass is 524 g/mol. The van der Waals surface area contributed by atoms with Gasteiger partial charge in [0.1, 0.15) is 0 Å². The van der Waals surface area contributed by atoms with E-state index in [1.165, 1.54) is 50.8 Å². The molecule has 0 bridgehead atoms. The smallest absolute Gasteiger partial charge is 0.269 e. The van der Waals surface area contributed by atoms with Crippen molar-refractivity contribution >= 4 is 40.9 Å². The number of carbonyl (C=O) groups excluding carboxylic acids is 1. The van der Waals surface area contributed by atoms with Crippen LogP contribution in [0.25, 0.3) is 12.2 Å². The van der Waals surface area contributed by atoms with Gasteiger partial charge in [-0.1, -0.05) is 23.8 Å². The van der Waals surface area contributed by atoms with Crippen LogP contribution >= 0.6 is 11.6 Å². The molecule has 0 aliphatic rings. The van der Waals surface area contributed by atoms with Crippen LogP contribution in [0.5, 0.6) is 23.0 Å². The average molecular weight is 525 g/mol. The first-order valence-corrected chi connectivity index (χ1v) is 11.3. The van der Waals surface area contributed by atoms with Crippen molar-refractivity contribution in [1.82, 2.24) is 0 Å². The highest BCUT2D eigenvalue weighted by Crippen LogP contribution is 2.39. The predicted molar refractivity (Wildman–Crippen MR) is 143 cm³/mol. The van der Waals surface area contributed by atoms with Crippen LogP contribution in [0.2, 0.25) is 5.02 Å². The highest BCUT2D eigenvalue weighted by atomic mass is 35.5. The fraction of sp³-hybridized carbons (Fsp3) is 0.148. The number of non-ortho nitro benzene ring substituents is 1. The van der Waals surface area contributed by atoms with Gasteiger partial charge in [0.05, 0.1) is 44.1 Å². The van der Waals surface area contributed by atoms with E-state index in [1.54, 1.807) is 26.4 Å². The Morgan fingerprint density at radius 3 is 1.95 bits per heavy atom. The lowest BCUT2D eigenvalue weighted by atomic mass is 10.1. The van der Waals surface area contributed by atoms with Gasteiger partial charge in [-0.25, -0.2) is 0 Å². The molecule has 9 nitrogen and oxygen atoms in total. The van der Waals surface area contributed by atoms with Gasteiger partial charge in [0, 0.05) is 30.0 Å². The van der Waals surface area contributed by atoms with E-state index in [1.807, 2.05) is 24.3 Å². The van der Waals surface area contributed by atoms with E-state index in [2.05, 4.69) is 5.32 Å². The molecule has 3 rings (SSSR count). The van der Waals surface area contributed by atoms with Crippen LogP contribution in [0.4, 0.5) is 11.4 Å². The van der Waals surface area contributed by atoms with Gasteiger partial charge in [0.15, 0.2) is 23.0 Å². The summed E-state index contributed by atoms with van der Waals surface area (Å²) in [6.45, 7) is 0. The number of methoxy groups -OCH3 is 4. The van der Waals surface area contributed by atoms with Gasteiger partial charge >= 0.3 is 0 Å². The van der Waals surface area contributed by atoms with E-state index in [-0.39, 0.29) is 11.5 Å². The molecule has 0 fully saturated rings. The molecule has 1 N–H and O–H groups in total. The predicted octanol–water partition coefficient (Wildman–Crippen LogP) is 6.26. The van der Waals surface area contributed by atoms with Gasteiger partial charge in [0.25, 0.3) is 5.69 Å². The second kappa shape index (κ2) is 12.5. The maximum atomic E-state index is 12.4. The van der Waals surface area contributed by atoms with Gasteiger partial charge < -0.3 is 24.3 Å². The van der Waals surface area contributed by atoms with Crippen molar-refractivity contribution < 1.29 is 28.7 Å². The number of benzene rings is 3. The molecule has 0 spiro atoms. The Kier molecular flexibility index (Phi) is 9.12. The topological polar surface area (TPSA) is 109 Å². The lowest BCUT2D eigenvalue weighted by Gasteiger charge is -2.13. The lowest BCUT2D eigenvalue weighted by Crippen LogP contribution is -1.99. The van der Waals surface area contributed by atoms with Crippen LogP contribution in [0.3, 0.4) is 0 Å². The minimum atomic E-state index is -0.523. The van der Waals surface area contributed by atoms with E-state index in [0.29, 0.717) is 39.3 Å². The number of nitro benzene ring substituents is 1. The van der Waals surface area contributed by atoms with E-state index in [0.717, 1.165) is 11.1 Å². The number of ether oxygens (including phenoxy) is 4. The first-order valence-electron chi connectivity index (χ1n) is 10.9. The van der Waals surface area contributed by atoms with E-state index in [9.17, 15) is 14.9 Å². The first kappa shape index (κ1) is 27.1. The third-order valence-corrected chi connectivity index (χ3v) is 5.54. The molecular weight excluding hydrogens is 500 g/mol. The molecule has 0 aromatic heterocycles. The van der Waals surface area contributed by atoms with Crippen LogP contribution in [0.15, 0.2) is 60.8 Å². The number of allylic oxidation sites excluding steroid dienone is 1. The molecule has 0 radical (unpaired) electrons. The molecule has 0 unspecified atom stereocenters. The van der Waals surface area contributed by atoms with Crippen molar-refractivity contribution in [2.45, 2.75) is 0 Å². The number of rotatable bonds is 11. The molecule has 0 aliphatic heterocycles. The minimum Gasteiger partial charge on any atom is -0.493 e. The summed E-state index contributed by atoms with van der Waals surface area (Å²) in [4.78, 5) is 22.7. The number of ketones is 1. The summed E-state index contributed by atoms with van der Waals surface area (Å²) in [6, 6.07) is 12.5. The highest BCUT2D eigenvalue weighted by molar-refractivity contribution is 6.32. The zero-order valence-electron chi connectivity index (χ0n) is 20.6. The molecule has 3 aromatic rings. The highest BCUT2D eigenvalue weighted by Gasteiger charge is 2.13. The van der Waals surface area contributed by atoms with E-state index in [4.69, 9.17) is 30.5 Å². The Morgan fingerprint density at radius 2 is 1.43 bits per heavy atom. The van der Waals surface area contributed by atoms with Gasteiger partial charge in [0.2, 0.25) is 5.75 Å². The van der Waals surface area contributed by atoms with Crippen LogP contribution in [0, 0.1) is 10.1 Å². The zero-order valence-corrected chi connectivity index (χ0v) is 21.4. The van der Waals surface area contributed by atoms with Crippen LogP contribution in [-0.4, -0.2) is 39.1 Å². The number of hydrogen-bond acceptors (Lipinski definition) is 8. The van der Waals surface area contributed by atoms with Crippen LogP contribution < -0.4 is 24.3 Å². The number of carbonyl (C=O) groups is 1. The second-order valence-electron chi connectivity index (χ2n) is 7.52. The number of anilines is 1. The standard InChI is InChI=1S/C27H25ClN2O7/c1-34-24-15-18(16-25(35-2)27(24)37-4)6-5-17-13-21(28)26(36-3)22(14-17)29-12-11-23(31)19-7-9-20(10-8-19)30(32)33/h5-16,29H,1-4H3/b6-5-,12-11-. The number of nitrogens with one attached hydrogen (secondary N) is 1. The van der Waals surface area contributed by atoms with Crippen molar-refractivity contribution in [3.63, 3.8) is 0 Å². The van der Waals surface area contributed by atoms with Crippen LogP contribution in [0.1, 0.15) is 21.5 Å². The molecule has 0 amide bonds. The summed E-state index contributed by atoms with van der Waals surface area (Å²) < 4.78 is 21.6. The van der Waals surface area contributed by atoms with Crippen molar-refractivity contribution in [2.75, 3.05) is 33.8 Å². The van der Waals surface area contributed by atoms with Crippen molar-refractivity contribution in [3.8, 4) is 23.0 Å². The van der Waals surface area contributed by atoms with Gasteiger partial charge in [-0.15, -0.1) is 0 Å². The number of nitro groups is 1. The fourth-order valence-electron chi connectivity index (χ4n) is 3.47. The van der Waals surface area contributed by atoms with E-state index >= 15 is 0 Å². The van der Waals surface area contributed by atoms with Gasteiger partial charge in [-0.2, -0.15) is 0 Å².